The molecule has 0 bridgehead atoms. The lowest BCUT2D eigenvalue weighted by molar-refractivity contribution is 0.415. The summed E-state index contributed by atoms with van der Waals surface area (Å²) >= 11 is 1.45. The minimum Gasteiger partial charge on any atom is -0.497 e. The smallest absolute Gasteiger partial charge is 0.160 e. The quantitative estimate of drug-likeness (QED) is 0.553. The molecule has 0 fully saturated rings. The molecule has 4 nitrogen and oxygen atoms in total. The lowest BCUT2D eigenvalue weighted by Crippen LogP contribution is -2.11. The average Bonchev–Trinajstić information content (AvgIpc) is 3.08. The van der Waals surface area contributed by atoms with Crippen LogP contribution in [0.4, 0.5) is 0 Å². The molecule has 0 saturated carbocycles. The molecule has 3 rings (SSSR count). The van der Waals surface area contributed by atoms with Crippen molar-refractivity contribution in [2.24, 2.45) is 0 Å². The zero-order chi connectivity index (χ0) is 20.4. The van der Waals surface area contributed by atoms with Crippen LogP contribution in [0.15, 0.2) is 53.9 Å². The monoisotopic (exact) mass is 415 g/mol. The third-order valence-electron chi connectivity index (χ3n) is 4.46. The van der Waals surface area contributed by atoms with Gasteiger partial charge in [-0.15, -0.1) is 11.3 Å². The molecule has 2 aromatic carbocycles. The Morgan fingerprint density at radius 1 is 0.964 bits per heavy atom. The predicted molar refractivity (Wildman–Crippen MR) is 116 cm³/mol. The molecule has 0 amide bonds. The molecular weight excluding hydrogens is 390 g/mol. The minimum atomic E-state index is -3.29. The number of methoxy groups -OCH3 is 1. The summed E-state index contributed by atoms with van der Waals surface area (Å²) in [6.07, 6.45) is 0. The highest BCUT2D eigenvalue weighted by atomic mass is 32.2. The normalized spacial score (nSPS) is 12.1. The molecule has 0 atom stereocenters. The number of hydrogen-bond acceptors (Lipinski definition) is 5. The van der Waals surface area contributed by atoms with Crippen molar-refractivity contribution in [2.45, 2.75) is 37.7 Å². The van der Waals surface area contributed by atoms with E-state index in [1.54, 1.807) is 7.11 Å². The number of hydrogen-bond donors (Lipinski definition) is 0. The number of benzene rings is 2. The fraction of sp³-hybridized carbons (Fsp3) is 0.318. The van der Waals surface area contributed by atoms with E-state index in [1.165, 1.54) is 16.9 Å². The van der Waals surface area contributed by atoms with E-state index in [9.17, 15) is 8.42 Å². The van der Waals surface area contributed by atoms with Crippen molar-refractivity contribution in [3.8, 4) is 16.3 Å². The van der Waals surface area contributed by atoms with Gasteiger partial charge in [-0.1, -0.05) is 45.0 Å². The molecule has 0 aliphatic rings. The first-order valence-electron chi connectivity index (χ1n) is 9.05. The summed E-state index contributed by atoms with van der Waals surface area (Å²) in [5.74, 6) is 0.744. The second-order valence-electron chi connectivity index (χ2n) is 7.85. The molecule has 148 valence electrons. The van der Waals surface area contributed by atoms with Crippen molar-refractivity contribution in [3.63, 3.8) is 0 Å². The van der Waals surface area contributed by atoms with E-state index in [0.29, 0.717) is 5.69 Å². The van der Waals surface area contributed by atoms with Gasteiger partial charge in [-0.3, -0.25) is 0 Å². The topological polar surface area (TPSA) is 56.3 Å². The van der Waals surface area contributed by atoms with Gasteiger partial charge >= 0.3 is 0 Å². The Bertz CT molecular complexity index is 1030. The maximum atomic E-state index is 12.6. The van der Waals surface area contributed by atoms with E-state index in [0.717, 1.165) is 21.9 Å². The number of ether oxygens (including phenoxy) is 1. The third-order valence-corrected chi connectivity index (χ3v) is 6.91. The fourth-order valence-electron chi connectivity index (χ4n) is 2.87. The van der Waals surface area contributed by atoms with Crippen molar-refractivity contribution in [2.75, 3.05) is 7.11 Å². The first kappa shape index (κ1) is 20.6. The second-order valence-corrected chi connectivity index (χ2v) is 10.8. The van der Waals surface area contributed by atoms with E-state index in [2.05, 4.69) is 25.8 Å². The van der Waals surface area contributed by atoms with Gasteiger partial charge in [-0.25, -0.2) is 13.4 Å². The highest BCUT2D eigenvalue weighted by Crippen LogP contribution is 2.27. The highest BCUT2D eigenvalue weighted by molar-refractivity contribution is 7.89. The molecule has 0 saturated heterocycles. The van der Waals surface area contributed by atoms with Crippen molar-refractivity contribution in [1.82, 2.24) is 4.98 Å². The largest absolute Gasteiger partial charge is 0.497 e. The zero-order valence-electron chi connectivity index (χ0n) is 16.6. The number of nitrogens with zero attached hydrogens (tertiary/aromatic N) is 1. The van der Waals surface area contributed by atoms with Crippen LogP contribution in [-0.4, -0.2) is 20.5 Å². The predicted octanol–water partition coefficient (Wildman–Crippen LogP) is 5.23. The van der Waals surface area contributed by atoms with Crippen molar-refractivity contribution in [1.29, 1.82) is 0 Å². The molecule has 3 aromatic rings. The van der Waals surface area contributed by atoms with Crippen molar-refractivity contribution < 1.29 is 13.2 Å². The van der Waals surface area contributed by atoms with Crippen molar-refractivity contribution in [3.05, 3.63) is 70.7 Å². The summed E-state index contributed by atoms with van der Waals surface area (Å²) in [7, 11) is -1.67. The van der Waals surface area contributed by atoms with Crippen LogP contribution in [0.25, 0.3) is 10.6 Å². The van der Waals surface area contributed by atoms with Gasteiger partial charge in [-0.05, 0) is 40.8 Å². The number of aromatic nitrogens is 1. The molecule has 6 heteroatoms. The Morgan fingerprint density at radius 2 is 1.61 bits per heavy atom. The Balaban J connectivity index is 1.69. The first-order valence-corrected chi connectivity index (χ1v) is 11.7. The summed E-state index contributed by atoms with van der Waals surface area (Å²) < 4.78 is 30.4. The summed E-state index contributed by atoms with van der Waals surface area (Å²) in [5.41, 5.74) is 3.58. The molecule has 0 unspecified atom stereocenters. The molecule has 28 heavy (non-hydrogen) atoms. The molecule has 0 N–H and O–H groups in total. The van der Waals surface area contributed by atoms with E-state index < -0.39 is 9.84 Å². The summed E-state index contributed by atoms with van der Waals surface area (Å²) in [6, 6.07) is 15.4. The van der Waals surface area contributed by atoms with Gasteiger partial charge in [0.2, 0.25) is 0 Å². The van der Waals surface area contributed by atoms with Gasteiger partial charge in [0.15, 0.2) is 9.84 Å². The van der Waals surface area contributed by atoms with Crippen LogP contribution in [-0.2, 0) is 26.8 Å². The number of thiazole rings is 1. The summed E-state index contributed by atoms with van der Waals surface area (Å²) in [4.78, 5) is 4.51. The van der Waals surface area contributed by atoms with E-state index in [4.69, 9.17) is 4.74 Å². The van der Waals surface area contributed by atoms with Crippen LogP contribution < -0.4 is 4.74 Å². The number of sulfone groups is 1. The van der Waals surface area contributed by atoms with Gasteiger partial charge in [0.05, 0.1) is 24.3 Å². The first-order chi connectivity index (χ1) is 13.2. The molecule has 0 spiro atoms. The van der Waals surface area contributed by atoms with E-state index in [1.807, 2.05) is 53.9 Å². The van der Waals surface area contributed by atoms with Crippen LogP contribution in [0, 0.1) is 0 Å². The maximum Gasteiger partial charge on any atom is 0.160 e. The Hall–Kier alpha value is -2.18. The molecular formula is C22H25NO3S2. The number of rotatable bonds is 6. The van der Waals surface area contributed by atoms with Gasteiger partial charge in [-0.2, -0.15) is 0 Å². The van der Waals surface area contributed by atoms with Gasteiger partial charge in [0.25, 0.3) is 0 Å². The Morgan fingerprint density at radius 3 is 2.18 bits per heavy atom. The lowest BCUT2D eigenvalue weighted by atomic mass is 9.87. The molecule has 0 aliphatic carbocycles. The Kier molecular flexibility index (Phi) is 5.91. The standard InChI is InChI=1S/C22H25NO3S2/c1-22(2,3)18-9-5-16(6-10-18)14-28(24,25)15-19-13-27-21(23-19)17-7-11-20(26-4)12-8-17/h5-13H,14-15H2,1-4H3. The van der Waals surface area contributed by atoms with Crippen LogP contribution >= 0.6 is 11.3 Å². The maximum absolute atomic E-state index is 12.6. The molecule has 1 heterocycles. The van der Waals surface area contributed by atoms with Crippen LogP contribution in [0.3, 0.4) is 0 Å². The van der Waals surface area contributed by atoms with E-state index >= 15 is 0 Å². The summed E-state index contributed by atoms with van der Waals surface area (Å²) in [6.45, 7) is 6.42. The van der Waals surface area contributed by atoms with E-state index in [-0.39, 0.29) is 16.9 Å². The van der Waals surface area contributed by atoms with Gasteiger partial charge in [0, 0.05) is 10.9 Å². The highest BCUT2D eigenvalue weighted by Gasteiger charge is 2.18. The minimum absolute atomic E-state index is 0.0207. The average molecular weight is 416 g/mol. The molecule has 0 radical (unpaired) electrons. The molecule has 0 aliphatic heterocycles. The fourth-order valence-corrected chi connectivity index (χ4v) is 5.20. The van der Waals surface area contributed by atoms with Crippen LogP contribution in [0.1, 0.15) is 37.6 Å². The SMILES string of the molecule is COc1ccc(-c2nc(CS(=O)(=O)Cc3ccc(C(C)(C)C)cc3)cs2)cc1. The zero-order valence-corrected chi connectivity index (χ0v) is 18.2. The van der Waals surface area contributed by atoms with Gasteiger partial charge < -0.3 is 4.74 Å². The lowest BCUT2D eigenvalue weighted by Gasteiger charge is -2.19. The van der Waals surface area contributed by atoms with Crippen molar-refractivity contribution >= 4 is 21.2 Å². The Labute approximate surface area is 171 Å². The molecule has 1 aromatic heterocycles. The third kappa shape index (κ3) is 5.20. The van der Waals surface area contributed by atoms with Crippen LogP contribution in [0.5, 0.6) is 5.75 Å². The van der Waals surface area contributed by atoms with Gasteiger partial charge in [0.1, 0.15) is 10.8 Å². The van der Waals surface area contributed by atoms with Crippen LogP contribution in [0.2, 0.25) is 0 Å². The second kappa shape index (κ2) is 8.05. The summed E-state index contributed by atoms with van der Waals surface area (Å²) in [5, 5.41) is 2.63.